The van der Waals surface area contributed by atoms with Crippen LogP contribution in [-0.2, 0) is 6.18 Å². The topological polar surface area (TPSA) is 47.9 Å². The van der Waals surface area contributed by atoms with Crippen LogP contribution in [0.25, 0.3) is 0 Å². The molecule has 2 aliphatic rings. The monoisotopic (exact) mass is 333 g/mol. The van der Waals surface area contributed by atoms with Gasteiger partial charge in [-0.3, -0.25) is 9.79 Å². The van der Waals surface area contributed by atoms with Crippen LogP contribution in [0, 0.1) is 0 Å². The number of ketones is 1. The molecule has 0 bridgehead atoms. The lowest BCUT2D eigenvalue weighted by Crippen LogP contribution is -2.19. The van der Waals surface area contributed by atoms with Crippen molar-refractivity contribution in [3.63, 3.8) is 0 Å². The van der Waals surface area contributed by atoms with Crippen LogP contribution in [0.3, 0.4) is 0 Å². The highest BCUT2D eigenvalue weighted by molar-refractivity contribution is 6.21. The molecule has 0 radical (unpaired) electrons. The molecule has 7 heteroatoms. The first-order chi connectivity index (χ1) is 11.4. The van der Waals surface area contributed by atoms with Gasteiger partial charge in [0.1, 0.15) is 0 Å². The van der Waals surface area contributed by atoms with Crippen LogP contribution < -0.4 is 9.47 Å². The Hall–Kier alpha value is -2.83. The molecule has 122 valence electrons. The van der Waals surface area contributed by atoms with E-state index in [1.165, 1.54) is 30.3 Å². The van der Waals surface area contributed by atoms with Crippen molar-refractivity contribution in [2.75, 3.05) is 6.79 Å². The standard InChI is InChI=1S/C17H10F3NO3/c18-17(19,20)11-4-2-1-3-9(11)12-6-14(22)10-5-15-16(24-8-23-15)7-13(10)21-12/h1-5,7H,6,8H2. The SMILES string of the molecule is O=C1CC(c2ccccc2C(F)(F)F)=Nc2cc3c(cc21)OCO3. The largest absolute Gasteiger partial charge is 0.454 e. The Morgan fingerprint density at radius 2 is 1.71 bits per heavy atom. The summed E-state index contributed by atoms with van der Waals surface area (Å²) in [5.41, 5.74) is -0.170. The second-order valence-corrected chi connectivity index (χ2v) is 5.42. The maximum absolute atomic E-state index is 13.2. The van der Waals surface area contributed by atoms with Gasteiger partial charge in [0.2, 0.25) is 6.79 Å². The van der Waals surface area contributed by atoms with E-state index in [1.807, 2.05) is 0 Å². The first kappa shape index (κ1) is 14.7. The van der Waals surface area contributed by atoms with Crippen LogP contribution in [0.15, 0.2) is 41.4 Å². The van der Waals surface area contributed by atoms with Gasteiger partial charge in [-0.2, -0.15) is 13.2 Å². The van der Waals surface area contributed by atoms with Gasteiger partial charge in [0.15, 0.2) is 17.3 Å². The Balaban J connectivity index is 1.86. The van der Waals surface area contributed by atoms with Crippen LogP contribution >= 0.6 is 0 Å². The maximum atomic E-state index is 13.2. The van der Waals surface area contributed by atoms with Gasteiger partial charge < -0.3 is 9.47 Å². The molecule has 0 unspecified atom stereocenters. The van der Waals surface area contributed by atoms with E-state index in [2.05, 4.69) is 4.99 Å². The van der Waals surface area contributed by atoms with E-state index >= 15 is 0 Å². The number of nitrogens with zero attached hydrogens (tertiary/aromatic N) is 1. The molecule has 0 saturated heterocycles. The number of alkyl halides is 3. The third-order valence-corrected chi connectivity index (χ3v) is 3.92. The maximum Gasteiger partial charge on any atom is 0.417 e. The van der Waals surface area contributed by atoms with Crippen LogP contribution in [0.4, 0.5) is 18.9 Å². The molecule has 0 aromatic heterocycles. The lowest BCUT2D eigenvalue weighted by molar-refractivity contribution is -0.137. The van der Waals surface area contributed by atoms with Crippen molar-refractivity contribution >= 4 is 17.2 Å². The molecule has 4 rings (SSSR count). The second-order valence-electron chi connectivity index (χ2n) is 5.42. The van der Waals surface area contributed by atoms with E-state index in [0.717, 1.165) is 6.07 Å². The summed E-state index contributed by atoms with van der Waals surface area (Å²) < 4.78 is 50.1. The highest BCUT2D eigenvalue weighted by Crippen LogP contribution is 2.41. The summed E-state index contributed by atoms with van der Waals surface area (Å²) in [6.45, 7) is 0.0416. The van der Waals surface area contributed by atoms with E-state index in [-0.39, 0.29) is 30.3 Å². The molecule has 0 N–H and O–H groups in total. The second kappa shape index (κ2) is 5.09. The van der Waals surface area contributed by atoms with E-state index in [1.54, 1.807) is 0 Å². The summed E-state index contributed by atoms with van der Waals surface area (Å²) >= 11 is 0. The number of hydrogen-bond acceptors (Lipinski definition) is 4. The number of ether oxygens (including phenoxy) is 2. The van der Waals surface area contributed by atoms with Gasteiger partial charge in [-0.1, -0.05) is 18.2 Å². The minimum absolute atomic E-state index is 0.0416. The minimum Gasteiger partial charge on any atom is -0.454 e. The molecule has 24 heavy (non-hydrogen) atoms. The highest BCUT2D eigenvalue weighted by Gasteiger charge is 2.35. The van der Waals surface area contributed by atoms with E-state index < -0.39 is 11.7 Å². The average molecular weight is 333 g/mol. The number of hydrogen-bond donors (Lipinski definition) is 0. The molecule has 2 aromatic rings. The van der Waals surface area contributed by atoms with Crippen molar-refractivity contribution in [2.24, 2.45) is 4.99 Å². The fraction of sp³-hybridized carbons (Fsp3) is 0.176. The normalized spacial score (nSPS) is 16.0. The van der Waals surface area contributed by atoms with Crippen LogP contribution in [-0.4, -0.2) is 18.3 Å². The molecule has 0 atom stereocenters. The van der Waals surface area contributed by atoms with Crippen molar-refractivity contribution in [3.8, 4) is 11.5 Å². The molecule has 0 fully saturated rings. The van der Waals surface area contributed by atoms with E-state index in [9.17, 15) is 18.0 Å². The average Bonchev–Trinajstić information content (AvgIpc) is 2.99. The Morgan fingerprint density at radius 3 is 2.46 bits per heavy atom. The Bertz CT molecular complexity index is 887. The molecular formula is C17H10F3NO3. The fourth-order valence-electron chi connectivity index (χ4n) is 2.82. The number of Topliss-reactive ketones (excluding diaryl/α,β-unsaturated/α-hetero) is 1. The number of halogens is 3. The summed E-state index contributed by atoms with van der Waals surface area (Å²) in [6, 6.07) is 8.15. The van der Waals surface area contributed by atoms with Gasteiger partial charge in [0, 0.05) is 17.2 Å². The smallest absolute Gasteiger partial charge is 0.417 e. The van der Waals surface area contributed by atoms with Crippen molar-refractivity contribution in [1.82, 2.24) is 0 Å². The number of aliphatic imine (C=N–C) groups is 1. The predicted octanol–water partition coefficient (Wildman–Crippen LogP) is 4.14. The van der Waals surface area contributed by atoms with Crippen LogP contribution in [0.5, 0.6) is 11.5 Å². The lowest BCUT2D eigenvalue weighted by atomic mass is 9.93. The van der Waals surface area contributed by atoms with Gasteiger partial charge in [-0.15, -0.1) is 0 Å². The zero-order valence-corrected chi connectivity index (χ0v) is 12.2. The van der Waals surface area contributed by atoms with Gasteiger partial charge in [-0.05, 0) is 12.1 Å². The molecular weight excluding hydrogens is 323 g/mol. The molecule has 2 aromatic carbocycles. The third kappa shape index (κ3) is 2.33. The number of carbonyl (C=O) groups is 1. The number of rotatable bonds is 1. The van der Waals surface area contributed by atoms with Gasteiger partial charge in [0.25, 0.3) is 0 Å². The van der Waals surface area contributed by atoms with Gasteiger partial charge >= 0.3 is 6.18 Å². The van der Waals surface area contributed by atoms with Crippen molar-refractivity contribution < 1.29 is 27.4 Å². The Kier molecular flexibility index (Phi) is 3.13. The molecule has 0 amide bonds. The van der Waals surface area contributed by atoms with Crippen LogP contribution in [0.2, 0.25) is 0 Å². The zero-order chi connectivity index (χ0) is 16.9. The highest BCUT2D eigenvalue weighted by atomic mass is 19.4. The van der Waals surface area contributed by atoms with Crippen molar-refractivity contribution in [3.05, 3.63) is 53.1 Å². The van der Waals surface area contributed by atoms with E-state index in [0.29, 0.717) is 22.7 Å². The first-order valence-electron chi connectivity index (χ1n) is 7.14. The minimum atomic E-state index is -4.52. The Morgan fingerprint density at radius 1 is 1.00 bits per heavy atom. The molecule has 0 spiro atoms. The third-order valence-electron chi connectivity index (χ3n) is 3.92. The summed E-state index contributed by atoms with van der Waals surface area (Å²) in [5.74, 6) is 0.567. The molecule has 4 nitrogen and oxygen atoms in total. The number of carbonyl (C=O) groups excluding carboxylic acids is 1. The lowest BCUT2D eigenvalue weighted by Gasteiger charge is -2.18. The molecule has 2 heterocycles. The summed E-state index contributed by atoms with van der Waals surface area (Å²) in [7, 11) is 0. The molecule has 2 aliphatic heterocycles. The van der Waals surface area contributed by atoms with Crippen molar-refractivity contribution in [1.29, 1.82) is 0 Å². The van der Waals surface area contributed by atoms with Gasteiger partial charge in [-0.25, -0.2) is 0 Å². The zero-order valence-electron chi connectivity index (χ0n) is 12.2. The number of fused-ring (bicyclic) bond motifs is 2. The summed E-state index contributed by atoms with van der Waals surface area (Å²) in [4.78, 5) is 16.6. The Labute approximate surface area is 134 Å². The van der Waals surface area contributed by atoms with E-state index in [4.69, 9.17) is 9.47 Å². The van der Waals surface area contributed by atoms with Crippen molar-refractivity contribution in [2.45, 2.75) is 12.6 Å². The predicted molar refractivity (Wildman–Crippen MR) is 79.2 cm³/mol. The van der Waals surface area contributed by atoms with Gasteiger partial charge in [0.05, 0.1) is 23.4 Å². The molecule has 0 saturated carbocycles. The summed E-state index contributed by atoms with van der Waals surface area (Å²) in [6.07, 6.45) is -4.71. The first-order valence-corrected chi connectivity index (χ1v) is 7.14. The van der Waals surface area contributed by atoms with Crippen LogP contribution in [0.1, 0.15) is 27.9 Å². The fourth-order valence-corrected chi connectivity index (χ4v) is 2.82. The quantitative estimate of drug-likeness (QED) is 0.788. The number of benzene rings is 2. The summed E-state index contributed by atoms with van der Waals surface area (Å²) in [5, 5.41) is 0. The molecule has 0 aliphatic carbocycles.